The van der Waals surface area contributed by atoms with Gasteiger partial charge >= 0.3 is 0 Å². The Hall–Kier alpha value is -1.67. The van der Waals surface area contributed by atoms with Crippen LogP contribution in [0.15, 0.2) is 47.6 Å². The maximum atomic E-state index is 8.62. The van der Waals surface area contributed by atoms with Gasteiger partial charge in [-0.1, -0.05) is 23.4 Å². The number of thioether (sulfide) groups is 1. The molecule has 0 fully saturated rings. The van der Waals surface area contributed by atoms with Crippen LogP contribution in [0.25, 0.3) is 0 Å². The van der Waals surface area contributed by atoms with Gasteiger partial charge in [-0.15, -0.1) is 11.8 Å². The molecular formula is C16H14ClNO2S. The smallest absolute Gasteiger partial charge is 0.119 e. The van der Waals surface area contributed by atoms with E-state index in [1.807, 2.05) is 36.4 Å². The van der Waals surface area contributed by atoms with Crippen LogP contribution in [-0.2, 0) is 0 Å². The number of halogens is 1. The number of benzene rings is 1. The van der Waals surface area contributed by atoms with Gasteiger partial charge < -0.3 is 9.84 Å². The molecule has 0 aliphatic carbocycles. The molecule has 5 heteroatoms. The Labute approximate surface area is 133 Å². The lowest BCUT2D eigenvalue weighted by Crippen LogP contribution is -2.00. The first kappa shape index (κ1) is 15.7. The van der Waals surface area contributed by atoms with Crippen molar-refractivity contribution in [2.24, 2.45) is 0 Å². The highest BCUT2D eigenvalue weighted by atomic mass is 35.5. The zero-order valence-electron chi connectivity index (χ0n) is 11.3. The Morgan fingerprint density at radius 1 is 1.19 bits per heavy atom. The van der Waals surface area contributed by atoms with Crippen LogP contribution in [0.2, 0.25) is 5.02 Å². The van der Waals surface area contributed by atoms with E-state index in [1.54, 1.807) is 18.0 Å². The van der Waals surface area contributed by atoms with Crippen LogP contribution in [0.4, 0.5) is 0 Å². The van der Waals surface area contributed by atoms with Crippen molar-refractivity contribution in [1.29, 1.82) is 0 Å². The normalized spacial score (nSPS) is 9.81. The summed E-state index contributed by atoms with van der Waals surface area (Å²) in [4.78, 5) is 4.20. The summed E-state index contributed by atoms with van der Waals surface area (Å²) in [6.07, 6.45) is 1.64. The number of pyridine rings is 1. The van der Waals surface area contributed by atoms with Crippen molar-refractivity contribution in [3.05, 3.63) is 53.2 Å². The third-order valence-corrected chi connectivity index (χ3v) is 3.60. The summed E-state index contributed by atoms with van der Waals surface area (Å²) in [6.45, 7) is 0.463. The maximum absolute atomic E-state index is 8.62. The summed E-state index contributed by atoms with van der Waals surface area (Å²) in [7, 11) is 0. The molecule has 3 nitrogen and oxygen atoms in total. The van der Waals surface area contributed by atoms with Gasteiger partial charge in [0.25, 0.3) is 0 Å². The minimum Gasteiger partial charge on any atom is -0.493 e. The topological polar surface area (TPSA) is 42.4 Å². The lowest BCUT2D eigenvalue weighted by molar-refractivity contribution is 0.344. The SMILES string of the molecule is OCC#Cc1ccc(OCCSc2ccc(Cl)cn2)cc1. The minimum atomic E-state index is -0.131. The van der Waals surface area contributed by atoms with Gasteiger partial charge in [-0.3, -0.25) is 0 Å². The van der Waals surface area contributed by atoms with Gasteiger partial charge in [-0.25, -0.2) is 4.98 Å². The fourth-order valence-electron chi connectivity index (χ4n) is 1.53. The number of aliphatic hydroxyl groups excluding tert-OH is 1. The van der Waals surface area contributed by atoms with E-state index in [2.05, 4.69) is 16.8 Å². The molecule has 0 aliphatic heterocycles. The van der Waals surface area contributed by atoms with Crippen molar-refractivity contribution in [3.8, 4) is 17.6 Å². The number of ether oxygens (including phenoxy) is 1. The summed E-state index contributed by atoms with van der Waals surface area (Å²) in [5.41, 5.74) is 0.858. The molecule has 0 saturated heterocycles. The fourth-order valence-corrected chi connectivity index (χ4v) is 2.31. The molecule has 2 aromatic rings. The molecule has 0 aliphatic rings. The zero-order chi connectivity index (χ0) is 14.9. The van der Waals surface area contributed by atoms with E-state index in [4.69, 9.17) is 21.4 Å². The van der Waals surface area contributed by atoms with E-state index in [9.17, 15) is 0 Å². The number of aliphatic hydroxyl groups is 1. The van der Waals surface area contributed by atoms with Gasteiger partial charge in [0, 0.05) is 17.5 Å². The van der Waals surface area contributed by atoms with Crippen molar-refractivity contribution in [3.63, 3.8) is 0 Å². The minimum absolute atomic E-state index is 0.131. The van der Waals surface area contributed by atoms with Gasteiger partial charge in [0.1, 0.15) is 12.4 Å². The Kier molecular flexibility index (Phi) is 6.42. The summed E-state index contributed by atoms with van der Waals surface area (Å²) in [5, 5.41) is 10.2. The van der Waals surface area contributed by atoms with Crippen LogP contribution in [0.1, 0.15) is 5.56 Å². The average Bonchev–Trinajstić information content (AvgIpc) is 2.52. The average molecular weight is 320 g/mol. The molecule has 2 rings (SSSR count). The number of hydrogen-bond acceptors (Lipinski definition) is 4. The summed E-state index contributed by atoms with van der Waals surface area (Å²) in [5.74, 6) is 7.05. The lowest BCUT2D eigenvalue weighted by atomic mass is 10.2. The summed E-state index contributed by atoms with van der Waals surface area (Å²) in [6, 6.07) is 11.2. The van der Waals surface area contributed by atoms with Crippen LogP contribution in [0.5, 0.6) is 5.75 Å². The van der Waals surface area contributed by atoms with Crippen molar-refractivity contribution in [1.82, 2.24) is 4.98 Å². The molecule has 1 N–H and O–H groups in total. The Morgan fingerprint density at radius 3 is 2.67 bits per heavy atom. The molecule has 0 spiro atoms. The van der Waals surface area contributed by atoms with Gasteiger partial charge in [-0.2, -0.15) is 0 Å². The highest BCUT2D eigenvalue weighted by Gasteiger charge is 1.98. The lowest BCUT2D eigenvalue weighted by Gasteiger charge is -2.05. The van der Waals surface area contributed by atoms with Crippen molar-refractivity contribution in [2.45, 2.75) is 5.03 Å². The van der Waals surface area contributed by atoms with Crippen molar-refractivity contribution >= 4 is 23.4 Å². The van der Waals surface area contributed by atoms with Gasteiger partial charge in [0.05, 0.1) is 16.7 Å². The third-order valence-electron chi connectivity index (χ3n) is 2.47. The molecular weight excluding hydrogens is 306 g/mol. The quantitative estimate of drug-likeness (QED) is 0.522. The Bertz CT molecular complexity index is 617. The van der Waals surface area contributed by atoms with Crippen LogP contribution in [0, 0.1) is 11.8 Å². The largest absolute Gasteiger partial charge is 0.493 e. The number of hydrogen-bond donors (Lipinski definition) is 1. The Balaban J connectivity index is 1.74. The number of aromatic nitrogens is 1. The molecule has 0 radical (unpaired) electrons. The van der Waals surface area contributed by atoms with Crippen molar-refractivity contribution < 1.29 is 9.84 Å². The van der Waals surface area contributed by atoms with E-state index < -0.39 is 0 Å². The standard InChI is InChI=1S/C16H14ClNO2S/c17-14-5-8-16(18-12-14)21-11-10-20-15-6-3-13(4-7-15)2-1-9-19/h3-8,12,19H,9-11H2. The monoisotopic (exact) mass is 319 g/mol. The van der Waals surface area contributed by atoms with Crippen LogP contribution in [-0.4, -0.2) is 29.1 Å². The summed E-state index contributed by atoms with van der Waals surface area (Å²) < 4.78 is 5.64. The number of nitrogens with zero attached hydrogens (tertiary/aromatic N) is 1. The second-order valence-corrected chi connectivity index (χ2v) is 5.55. The molecule has 108 valence electrons. The van der Waals surface area contributed by atoms with E-state index >= 15 is 0 Å². The highest BCUT2D eigenvalue weighted by Crippen LogP contribution is 2.18. The maximum Gasteiger partial charge on any atom is 0.119 e. The van der Waals surface area contributed by atoms with Gasteiger partial charge in [0.2, 0.25) is 0 Å². The second-order valence-electron chi connectivity index (χ2n) is 4.00. The van der Waals surface area contributed by atoms with Crippen LogP contribution < -0.4 is 4.74 Å². The molecule has 0 amide bonds. The molecule has 1 aromatic carbocycles. The fraction of sp³-hybridized carbons (Fsp3) is 0.188. The first-order valence-electron chi connectivity index (χ1n) is 6.35. The Morgan fingerprint density at radius 2 is 2.00 bits per heavy atom. The predicted molar refractivity (Wildman–Crippen MR) is 85.9 cm³/mol. The first-order valence-corrected chi connectivity index (χ1v) is 7.71. The molecule has 0 atom stereocenters. The predicted octanol–water partition coefficient (Wildman–Crippen LogP) is 3.25. The molecule has 1 aromatic heterocycles. The molecule has 21 heavy (non-hydrogen) atoms. The summed E-state index contributed by atoms with van der Waals surface area (Å²) >= 11 is 7.40. The zero-order valence-corrected chi connectivity index (χ0v) is 12.8. The third kappa shape index (κ3) is 5.68. The van der Waals surface area contributed by atoms with Crippen LogP contribution in [0.3, 0.4) is 0 Å². The van der Waals surface area contributed by atoms with E-state index in [1.165, 1.54) is 0 Å². The van der Waals surface area contributed by atoms with Gasteiger partial charge in [0.15, 0.2) is 0 Å². The van der Waals surface area contributed by atoms with E-state index in [0.717, 1.165) is 22.1 Å². The highest BCUT2D eigenvalue weighted by molar-refractivity contribution is 7.99. The van der Waals surface area contributed by atoms with Crippen LogP contribution >= 0.6 is 23.4 Å². The second kappa shape index (κ2) is 8.58. The van der Waals surface area contributed by atoms with E-state index in [-0.39, 0.29) is 6.61 Å². The molecule has 1 heterocycles. The van der Waals surface area contributed by atoms with E-state index in [0.29, 0.717) is 11.6 Å². The first-order chi connectivity index (χ1) is 10.3. The molecule has 0 bridgehead atoms. The molecule has 0 unspecified atom stereocenters. The number of rotatable bonds is 5. The molecule has 0 saturated carbocycles. The van der Waals surface area contributed by atoms with Crippen molar-refractivity contribution in [2.75, 3.05) is 19.0 Å². The van der Waals surface area contributed by atoms with Gasteiger partial charge in [-0.05, 0) is 36.4 Å².